The van der Waals surface area contributed by atoms with E-state index in [9.17, 15) is 4.79 Å². The Kier molecular flexibility index (Phi) is 5.30. The van der Waals surface area contributed by atoms with Crippen LogP contribution in [0.5, 0.6) is 0 Å². The van der Waals surface area contributed by atoms with Gasteiger partial charge in [0.1, 0.15) is 6.04 Å². The molecule has 0 spiro atoms. The molecule has 0 fully saturated rings. The number of rotatable bonds is 4. The molecule has 158 valence electrons. The lowest BCUT2D eigenvalue weighted by Crippen LogP contribution is -2.20. The van der Waals surface area contributed by atoms with E-state index in [4.69, 9.17) is 23.2 Å². The Morgan fingerprint density at radius 2 is 2.00 bits per heavy atom. The van der Waals surface area contributed by atoms with Crippen molar-refractivity contribution in [2.24, 2.45) is 0 Å². The van der Waals surface area contributed by atoms with Gasteiger partial charge in [-0.2, -0.15) is 4.68 Å². The molecule has 0 aliphatic carbocycles. The number of carbonyl (C=O) groups excluding carboxylic acids is 1. The van der Waals surface area contributed by atoms with Gasteiger partial charge in [-0.25, -0.2) is 0 Å². The topological polar surface area (TPSA) is 97.6 Å². The maximum Gasteiger partial charge on any atom is 0.257 e. The first-order chi connectivity index (χ1) is 15.6. The van der Waals surface area contributed by atoms with Gasteiger partial charge in [-0.3, -0.25) is 9.78 Å². The number of amides is 1. The summed E-state index contributed by atoms with van der Waals surface area (Å²) in [6.07, 6.45) is 5.49. The SMILES string of the molecule is O=C(Nc1cccc([C@@H]2C=C(c3cccnc3)Nc3nnnn32)c1)c1ccc(Cl)cc1Cl. The van der Waals surface area contributed by atoms with Gasteiger partial charge in [-0.05, 0) is 64.5 Å². The fourth-order valence-electron chi connectivity index (χ4n) is 3.45. The molecule has 4 aromatic rings. The van der Waals surface area contributed by atoms with Crippen molar-refractivity contribution in [3.05, 3.63) is 99.8 Å². The Balaban J connectivity index is 1.47. The second-order valence-electron chi connectivity index (χ2n) is 7.04. The zero-order valence-corrected chi connectivity index (χ0v) is 17.9. The number of pyridine rings is 1. The van der Waals surface area contributed by atoms with E-state index < -0.39 is 0 Å². The third kappa shape index (κ3) is 3.93. The standard InChI is InChI=1S/C22H15Cl2N7O/c23-15-6-7-17(18(24)10-15)21(32)26-16-5-1-3-13(9-16)20-11-19(14-4-2-8-25-12-14)27-22-28-29-30-31(20)22/h1-12,20H,(H,26,32)(H,27,28,30)/t20-/m0/s1. The number of tetrazole rings is 1. The summed E-state index contributed by atoms with van der Waals surface area (Å²) >= 11 is 12.1. The average Bonchev–Trinajstić information content (AvgIpc) is 3.28. The van der Waals surface area contributed by atoms with Crippen molar-refractivity contribution in [3.8, 4) is 0 Å². The first kappa shape index (κ1) is 20.2. The minimum absolute atomic E-state index is 0.284. The zero-order chi connectivity index (χ0) is 22.1. The summed E-state index contributed by atoms with van der Waals surface area (Å²) in [5.41, 5.74) is 3.59. The number of benzene rings is 2. The lowest BCUT2D eigenvalue weighted by Gasteiger charge is -2.23. The van der Waals surface area contributed by atoms with E-state index in [1.54, 1.807) is 35.3 Å². The number of anilines is 2. The van der Waals surface area contributed by atoms with Gasteiger partial charge in [0.2, 0.25) is 5.95 Å². The molecule has 2 N–H and O–H groups in total. The lowest BCUT2D eigenvalue weighted by atomic mass is 10.0. The van der Waals surface area contributed by atoms with E-state index in [1.807, 2.05) is 36.4 Å². The maximum atomic E-state index is 12.7. The molecule has 10 heteroatoms. The first-order valence-corrected chi connectivity index (χ1v) is 10.4. The molecule has 0 unspecified atom stereocenters. The van der Waals surface area contributed by atoms with Gasteiger partial charge in [0, 0.05) is 34.4 Å². The first-order valence-electron chi connectivity index (χ1n) is 9.62. The van der Waals surface area contributed by atoms with Crippen LogP contribution in [0.25, 0.3) is 5.70 Å². The Hall–Kier alpha value is -3.75. The highest BCUT2D eigenvalue weighted by Gasteiger charge is 2.24. The van der Waals surface area contributed by atoms with Gasteiger partial charge < -0.3 is 10.6 Å². The second-order valence-corrected chi connectivity index (χ2v) is 7.89. The van der Waals surface area contributed by atoms with Gasteiger partial charge in [0.15, 0.2) is 0 Å². The van der Waals surface area contributed by atoms with Crippen molar-refractivity contribution in [2.45, 2.75) is 6.04 Å². The number of allylic oxidation sites excluding steroid dienone is 1. The summed E-state index contributed by atoms with van der Waals surface area (Å²) in [6, 6.07) is 15.8. The molecule has 32 heavy (non-hydrogen) atoms. The van der Waals surface area contributed by atoms with Crippen LogP contribution in [-0.2, 0) is 0 Å². The van der Waals surface area contributed by atoms with Crippen molar-refractivity contribution < 1.29 is 4.79 Å². The van der Waals surface area contributed by atoms with Crippen molar-refractivity contribution in [1.82, 2.24) is 25.2 Å². The van der Waals surface area contributed by atoms with Crippen molar-refractivity contribution in [1.29, 1.82) is 0 Å². The van der Waals surface area contributed by atoms with E-state index in [1.165, 1.54) is 6.07 Å². The fourth-order valence-corrected chi connectivity index (χ4v) is 3.95. The Bertz CT molecular complexity index is 1340. The smallest absolute Gasteiger partial charge is 0.257 e. The summed E-state index contributed by atoms with van der Waals surface area (Å²) in [7, 11) is 0. The molecule has 8 nitrogen and oxygen atoms in total. The minimum Gasteiger partial charge on any atom is -0.323 e. The van der Waals surface area contributed by atoms with E-state index in [0.29, 0.717) is 22.2 Å². The molecule has 1 aliphatic heterocycles. The van der Waals surface area contributed by atoms with Crippen molar-refractivity contribution in [2.75, 3.05) is 10.6 Å². The molecule has 1 atom stereocenters. The van der Waals surface area contributed by atoms with Gasteiger partial charge in [0.05, 0.1) is 10.6 Å². The summed E-state index contributed by atoms with van der Waals surface area (Å²) in [4.78, 5) is 16.9. The lowest BCUT2D eigenvalue weighted by molar-refractivity contribution is 0.102. The van der Waals surface area contributed by atoms with Crippen LogP contribution < -0.4 is 10.6 Å². The second kappa shape index (κ2) is 8.41. The van der Waals surface area contributed by atoms with E-state index in [-0.39, 0.29) is 17.0 Å². The third-order valence-electron chi connectivity index (χ3n) is 4.96. The van der Waals surface area contributed by atoms with Crippen molar-refractivity contribution in [3.63, 3.8) is 0 Å². The Morgan fingerprint density at radius 3 is 2.81 bits per heavy atom. The quantitative estimate of drug-likeness (QED) is 0.455. The molecule has 0 saturated carbocycles. The average molecular weight is 464 g/mol. The number of hydrogen-bond donors (Lipinski definition) is 2. The number of fused-ring (bicyclic) bond motifs is 1. The molecule has 2 aromatic heterocycles. The largest absolute Gasteiger partial charge is 0.323 e. The molecule has 2 aromatic carbocycles. The normalized spacial score (nSPS) is 14.8. The third-order valence-corrected chi connectivity index (χ3v) is 5.51. The molecular weight excluding hydrogens is 449 g/mol. The molecule has 3 heterocycles. The predicted molar refractivity (Wildman–Crippen MR) is 123 cm³/mol. The predicted octanol–water partition coefficient (Wildman–Crippen LogP) is 4.68. The fraction of sp³-hybridized carbons (Fsp3) is 0.0455. The van der Waals surface area contributed by atoms with E-state index in [0.717, 1.165) is 16.8 Å². The number of aromatic nitrogens is 5. The summed E-state index contributed by atoms with van der Waals surface area (Å²) in [6.45, 7) is 0. The van der Waals surface area contributed by atoms with Gasteiger partial charge >= 0.3 is 0 Å². The molecular formula is C22H15Cl2N7O. The molecule has 1 amide bonds. The molecule has 1 aliphatic rings. The monoisotopic (exact) mass is 463 g/mol. The summed E-state index contributed by atoms with van der Waals surface area (Å²) < 4.78 is 1.68. The van der Waals surface area contributed by atoms with Gasteiger partial charge in [-0.15, -0.1) is 0 Å². The Morgan fingerprint density at radius 1 is 1.09 bits per heavy atom. The number of nitrogens with zero attached hydrogens (tertiary/aromatic N) is 5. The summed E-state index contributed by atoms with van der Waals surface area (Å²) in [5.74, 6) is 0.183. The van der Waals surface area contributed by atoms with Crippen LogP contribution in [0.1, 0.15) is 27.5 Å². The van der Waals surface area contributed by atoms with Crippen LogP contribution in [0.15, 0.2) is 73.1 Å². The number of nitrogens with one attached hydrogen (secondary N) is 2. The molecule has 0 radical (unpaired) electrons. The van der Waals surface area contributed by atoms with Gasteiger partial charge in [-0.1, -0.05) is 40.4 Å². The highest BCUT2D eigenvalue weighted by atomic mass is 35.5. The molecule has 0 bridgehead atoms. The van der Waals surface area contributed by atoms with Crippen LogP contribution in [0.3, 0.4) is 0 Å². The van der Waals surface area contributed by atoms with Crippen LogP contribution in [0.4, 0.5) is 11.6 Å². The Labute approximate surface area is 192 Å². The van der Waals surface area contributed by atoms with Crippen LogP contribution in [-0.4, -0.2) is 31.1 Å². The van der Waals surface area contributed by atoms with E-state index in [2.05, 4.69) is 31.1 Å². The number of halogens is 2. The van der Waals surface area contributed by atoms with Crippen LogP contribution in [0.2, 0.25) is 10.0 Å². The van der Waals surface area contributed by atoms with Crippen LogP contribution in [0, 0.1) is 0 Å². The van der Waals surface area contributed by atoms with E-state index >= 15 is 0 Å². The van der Waals surface area contributed by atoms with Crippen LogP contribution >= 0.6 is 23.2 Å². The highest BCUT2D eigenvalue weighted by Crippen LogP contribution is 2.32. The maximum absolute atomic E-state index is 12.7. The highest BCUT2D eigenvalue weighted by molar-refractivity contribution is 6.37. The van der Waals surface area contributed by atoms with Crippen molar-refractivity contribution >= 4 is 46.4 Å². The number of carbonyl (C=O) groups is 1. The number of hydrogen-bond acceptors (Lipinski definition) is 6. The summed E-state index contributed by atoms with van der Waals surface area (Å²) in [5, 5.41) is 18.8. The zero-order valence-electron chi connectivity index (χ0n) is 16.4. The van der Waals surface area contributed by atoms with Gasteiger partial charge in [0.25, 0.3) is 5.91 Å². The minimum atomic E-state index is -0.330. The molecule has 0 saturated heterocycles. The molecule has 5 rings (SSSR count).